The van der Waals surface area contributed by atoms with Gasteiger partial charge in [0.05, 0.1) is 18.7 Å². The van der Waals surface area contributed by atoms with Crippen molar-refractivity contribution in [1.29, 1.82) is 0 Å². The van der Waals surface area contributed by atoms with Gasteiger partial charge in [0, 0.05) is 42.5 Å². The fourth-order valence-corrected chi connectivity index (χ4v) is 5.19. The summed E-state index contributed by atoms with van der Waals surface area (Å²) in [7, 11) is 1.52. The summed E-state index contributed by atoms with van der Waals surface area (Å²) in [5.74, 6) is -1.39. The first-order valence-electron chi connectivity index (χ1n) is 11.9. The number of rotatable bonds is 7. The first kappa shape index (κ1) is 24.0. The Kier molecular flexibility index (Phi) is 6.77. The van der Waals surface area contributed by atoms with Crippen LogP contribution in [-0.4, -0.2) is 47.9 Å². The molecule has 4 rings (SSSR count). The average molecular weight is 472 g/mol. The van der Waals surface area contributed by atoms with Crippen molar-refractivity contribution in [2.75, 3.05) is 20.2 Å². The van der Waals surface area contributed by atoms with E-state index in [0.29, 0.717) is 42.1 Å². The van der Waals surface area contributed by atoms with E-state index >= 15 is 0 Å². The summed E-state index contributed by atoms with van der Waals surface area (Å²) in [5.41, 5.74) is 2.56. The van der Waals surface area contributed by atoms with Crippen molar-refractivity contribution >= 4 is 11.8 Å². The molecule has 2 saturated heterocycles. The molecule has 6 nitrogen and oxygen atoms in total. The van der Waals surface area contributed by atoms with Gasteiger partial charge in [-0.05, 0) is 31.7 Å². The lowest BCUT2D eigenvalue weighted by molar-refractivity contribution is -0.132. The molecule has 2 atom stereocenters. The Bertz CT molecular complexity index is 1110. The van der Waals surface area contributed by atoms with Gasteiger partial charge in [0.1, 0.15) is 11.6 Å². The summed E-state index contributed by atoms with van der Waals surface area (Å²) >= 11 is 0. The quantitative estimate of drug-likeness (QED) is 0.653. The second-order valence-electron chi connectivity index (χ2n) is 8.97. The van der Waals surface area contributed by atoms with Crippen molar-refractivity contribution in [2.45, 2.75) is 52.6 Å². The van der Waals surface area contributed by atoms with Crippen molar-refractivity contribution in [1.82, 2.24) is 15.1 Å². The first-order valence-corrected chi connectivity index (χ1v) is 11.9. The molecule has 1 aromatic carbocycles. The van der Waals surface area contributed by atoms with Crippen LogP contribution in [0.15, 0.2) is 52.6 Å². The van der Waals surface area contributed by atoms with Crippen molar-refractivity contribution in [3.63, 3.8) is 0 Å². The maximum absolute atomic E-state index is 14.2. The molecule has 3 heterocycles. The minimum absolute atomic E-state index is 0.0522. The number of allylic oxidation sites excluding steroid dienone is 3. The first-order chi connectivity index (χ1) is 16.3. The molecule has 8 heteroatoms. The van der Waals surface area contributed by atoms with E-state index in [9.17, 15) is 18.4 Å². The van der Waals surface area contributed by atoms with Crippen molar-refractivity contribution in [2.24, 2.45) is 5.92 Å². The Hall–Kier alpha value is -3.16. The van der Waals surface area contributed by atoms with E-state index in [4.69, 9.17) is 4.74 Å². The van der Waals surface area contributed by atoms with E-state index in [1.54, 1.807) is 0 Å². The number of likely N-dealkylation sites (N-methyl/N-ethyl adjacent to an activating group) is 1. The number of hydrogen-bond acceptors (Lipinski definition) is 4. The van der Waals surface area contributed by atoms with Gasteiger partial charge in [-0.25, -0.2) is 8.78 Å². The molecular weight excluding hydrogens is 440 g/mol. The minimum atomic E-state index is -0.710. The van der Waals surface area contributed by atoms with Crippen molar-refractivity contribution < 1.29 is 23.1 Å². The molecule has 2 fully saturated rings. The average Bonchev–Trinajstić information content (AvgIpc) is 3.14. The Morgan fingerprint density at radius 1 is 1.29 bits per heavy atom. The Balaban J connectivity index is 1.78. The van der Waals surface area contributed by atoms with Gasteiger partial charge < -0.3 is 19.9 Å². The standard InChI is InChI=1S/C26H31F2N3O3/c1-5-7-8-19-21(25(32)29-13-16-9-10-17(27)12-20(16)28)22-15(3)11-18-14-30(6-2)26(33)23(31(18)22)24(19)34-4/h8-10,12,15,18H,5-7,11,13-14H2,1-4H3,(H,29,32)/b19-8+. The third-order valence-corrected chi connectivity index (χ3v) is 6.77. The van der Waals surface area contributed by atoms with E-state index < -0.39 is 11.6 Å². The van der Waals surface area contributed by atoms with Crippen molar-refractivity contribution in [3.05, 3.63) is 69.8 Å². The second kappa shape index (κ2) is 9.60. The minimum Gasteiger partial charge on any atom is -0.494 e. The van der Waals surface area contributed by atoms with Crippen LogP contribution in [0.4, 0.5) is 8.78 Å². The maximum atomic E-state index is 14.2. The van der Waals surface area contributed by atoms with Gasteiger partial charge in [-0.3, -0.25) is 9.59 Å². The van der Waals surface area contributed by atoms with E-state index in [1.807, 2.05) is 29.7 Å². The van der Waals surface area contributed by atoms with Crippen LogP contribution in [0, 0.1) is 17.6 Å². The Morgan fingerprint density at radius 2 is 2.06 bits per heavy atom. The Morgan fingerprint density at radius 3 is 2.71 bits per heavy atom. The highest BCUT2D eigenvalue weighted by Gasteiger charge is 2.50. The highest BCUT2D eigenvalue weighted by Crippen LogP contribution is 2.48. The second-order valence-corrected chi connectivity index (χ2v) is 8.97. The van der Waals surface area contributed by atoms with Crippen LogP contribution in [0.5, 0.6) is 0 Å². The molecular formula is C26H31F2N3O3. The molecule has 0 radical (unpaired) electrons. The van der Waals surface area contributed by atoms with Gasteiger partial charge in [-0.15, -0.1) is 0 Å². The fourth-order valence-electron chi connectivity index (χ4n) is 5.19. The molecule has 2 amide bonds. The molecule has 182 valence electrons. The monoisotopic (exact) mass is 471 g/mol. The number of carbonyl (C=O) groups is 2. The normalized spacial score (nSPS) is 23.1. The third-order valence-electron chi connectivity index (χ3n) is 6.77. The van der Waals surface area contributed by atoms with Crippen LogP contribution >= 0.6 is 0 Å². The lowest BCUT2D eigenvalue weighted by Crippen LogP contribution is -2.53. The molecule has 1 aromatic rings. The van der Waals surface area contributed by atoms with Crippen LogP contribution in [0.1, 0.15) is 45.6 Å². The highest BCUT2D eigenvalue weighted by atomic mass is 19.1. The lowest BCUT2D eigenvalue weighted by atomic mass is 9.90. The van der Waals surface area contributed by atoms with Gasteiger partial charge >= 0.3 is 0 Å². The van der Waals surface area contributed by atoms with E-state index in [1.165, 1.54) is 19.2 Å². The number of ether oxygens (including phenoxy) is 1. The van der Waals surface area contributed by atoms with Crippen LogP contribution in [0.25, 0.3) is 0 Å². The van der Waals surface area contributed by atoms with Gasteiger partial charge in [0.15, 0.2) is 11.5 Å². The zero-order chi connectivity index (χ0) is 24.6. The number of amides is 2. The van der Waals surface area contributed by atoms with E-state index in [2.05, 4.69) is 12.2 Å². The number of piperazine rings is 1. The molecule has 0 spiro atoms. The summed E-state index contributed by atoms with van der Waals surface area (Å²) in [6, 6.07) is 3.36. The predicted molar refractivity (Wildman–Crippen MR) is 124 cm³/mol. The molecule has 34 heavy (non-hydrogen) atoms. The number of methoxy groups -OCH3 is 1. The number of unbranched alkanes of at least 4 members (excludes halogenated alkanes) is 1. The topological polar surface area (TPSA) is 61.9 Å². The van der Waals surface area contributed by atoms with Crippen LogP contribution in [-0.2, 0) is 20.9 Å². The number of hydrogen-bond donors (Lipinski definition) is 1. The summed E-state index contributed by atoms with van der Waals surface area (Å²) < 4.78 is 33.2. The molecule has 1 N–H and O–H groups in total. The number of benzene rings is 1. The molecule has 3 aliphatic rings. The molecule has 3 aliphatic heterocycles. The van der Waals surface area contributed by atoms with Crippen molar-refractivity contribution in [3.8, 4) is 0 Å². The van der Waals surface area contributed by atoms with Crippen LogP contribution in [0.2, 0.25) is 0 Å². The molecule has 0 aromatic heterocycles. The fraction of sp³-hybridized carbons (Fsp3) is 0.462. The SMILES string of the molecule is CCC/C=C1/C(OC)=C2C(=O)N(CC)CC3CC(C)C(=C1C(=O)NCc1ccc(F)cc1F)N23. The summed E-state index contributed by atoms with van der Waals surface area (Å²) in [6.07, 6.45) is 4.32. The number of carbonyl (C=O) groups excluding carboxylic acids is 2. The summed E-state index contributed by atoms with van der Waals surface area (Å²) in [5, 5.41) is 2.81. The third kappa shape index (κ3) is 3.99. The predicted octanol–water partition coefficient (Wildman–Crippen LogP) is 4.01. The number of nitrogens with zero attached hydrogens (tertiary/aromatic N) is 2. The van der Waals surface area contributed by atoms with Gasteiger partial charge in [-0.2, -0.15) is 0 Å². The number of halogens is 2. The largest absolute Gasteiger partial charge is 0.494 e. The lowest BCUT2D eigenvalue weighted by Gasteiger charge is -2.43. The molecule has 0 saturated carbocycles. The van der Waals surface area contributed by atoms with E-state index in [-0.39, 0.29) is 35.9 Å². The Labute approximate surface area is 198 Å². The zero-order valence-corrected chi connectivity index (χ0v) is 20.1. The molecule has 0 aliphatic carbocycles. The van der Waals surface area contributed by atoms with E-state index in [0.717, 1.165) is 24.6 Å². The molecule has 0 bridgehead atoms. The van der Waals surface area contributed by atoms with Gasteiger partial charge in [0.2, 0.25) is 0 Å². The van der Waals surface area contributed by atoms with Crippen LogP contribution in [0.3, 0.4) is 0 Å². The van der Waals surface area contributed by atoms with Gasteiger partial charge in [-0.1, -0.05) is 32.4 Å². The van der Waals surface area contributed by atoms with Crippen LogP contribution < -0.4 is 5.32 Å². The smallest absolute Gasteiger partial charge is 0.274 e. The highest BCUT2D eigenvalue weighted by molar-refractivity contribution is 6.04. The molecule has 2 unspecified atom stereocenters. The maximum Gasteiger partial charge on any atom is 0.274 e. The zero-order valence-electron chi connectivity index (χ0n) is 20.1. The number of nitrogens with one attached hydrogen (secondary N) is 1. The summed E-state index contributed by atoms with van der Waals surface area (Å²) in [4.78, 5) is 30.8. The summed E-state index contributed by atoms with van der Waals surface area (Å²) in [6.45, 7) is 7.17. The van der Waals surface area contributed by atoms with Gasteiger partial charge in [0.25, 0.3) is 11.8 Å².